The van der Waals surface area contributed by atoms with Gasteiger partial charge >= 0.3 is 6.03 Å². The van der Waals surface area contributed by atoms with Crippen LogP contribution in [-0.2, 0) is 0 Å². The number of hydrogen-bond donors (Lipinski definition) is 1. The van der Waals surface area contributed by atoms with Crippen LogP contribution < -0.4 is 10.2 Å². The summed E-state index contributed by atoms with van der Waals surface area (Å²) in [6.07, 6.45) is 0. The minimum Gasteiger partial charge on any atom is -0.368 e. The number of nitrogens with zero attached hydrogens (tertiary/aromatic N) is 2. The summed E-state index contributed by atoms with van der Waals surface area (Å²) in [4.78, 5) is 16.3. The topological polar surface area (TPSA) is 35.6 Å². The predicted molar refractivity (Wildman–Crippen MR) is 99.7 cm³/mol. The molecule has 1 aliphatic rings. The molecule has 1 saturated heterocycles. The first-order valence-corrected chi connectivity index (χ1v) is 8.69. The van der Waals surface area contributed by atoms with Crippen LogP contribution in [0.1, 0.15) is 25.3 Å². The maximum atomic E-state index is 13.3. The molecule has 0 saturated carbocycles. The number of halogens is 1. The Hall–Kier alpha value is -2.56. The quantitative estimate of drug-likeness (QED) is 0.903. The highest BCUT2D eigenvalue weighted by atomic mass is 19.1. The van der Waals surface area contributed by atoms with Gasteiger partial charge in [-0.05, 0) is 41.8 Å². The molecule has 0 spiro atoms. The number of anilines is 2. The molecule has 0 unspecified atom stereocenters. The molecule has 3 rings (SSSR count). The second-order valence-corrected chi connectivity index (χ2v) is 6.66. The highest BCUT2D eigenvalue weighted by Gasteiger charge is 2.21. The first-order chi connectivity index (χ1) is 12.0. The van der Waals surface area contributed by atoms with Crippen molar-refractivity contribution in [1.82, 2.24) is 4.90 Å². The van der Waals surface area contributed by atoms with E-state index in [-0.39, 0.29) is 11.8 Å². The average Bonchev–Trinajstić information content (AvgIpc) is 2.62. The van der Waals surface area contributed by atoms with Gasteiger partial charge in [0, 0.05) is 37.6 Å². The van der Waals surface area contributed by atoms with Crippen molar-refractivity contribution in [3.05, 3.63) is 59.9 Å². The number of hydrogen-bond acceptors (Lipinski definition) is 2. The average molecular weight is 341 g/mol. The molecule has 1 heterocycles. The Bertz CT molecular complexity index is 722. The summed E-state index contributed by atoms with van der Waals surface area (Å²) in [6, 6.07) is 14.5. The molecule has 0 aliphatic carbocycles. The molecule has 1 aliphatic heterocycles. The molecule has 25 heavy (non-hydrogen) atoms. The zero-order chi connectivity index (χ0) is 17.8. The molecule has 0 bridgehead atoms. The van der Waals surface area contributed by atoms with E-state index in [4.69, 9.17) is 0 Å². The standard InChI is InChI=1S/C20H24FN3O/c1-15(2)16-6-8-18(9-7-16)22-20(25)24-12-10-23(11-13-24)19-5-3-4-17(21)14-19/h3-9,14-15H,10-13H2,1-2H3,(H,22,25). The maximum absolute atomic E-state index is 13.3. The van der Waals surface area contributed by atoms with Crippen molar-refractivity contribution in [2.24, 2.45) is 0 Å². The second-order valence-electron chi connectivity index (χ2n) is 6.66. The van der Waals surface area contributed by atoms with Crippen molar-refractivity contribution in [3.8, 4) is 0 Å². The fourth-order valence-corrected chi connectivity index (χ4v) is 2.99. The van der Waals surface area contributed by atoms with Crippen molar-refractivity contribution >= 4 is 17.4 Å². The van der Waals surface area contributed by atoms with Crippen molar-refractivity contribution in [2.75, 3.05) is 36.4 Å². The van der Waals surface area contributed by atoms with Gasteiger partial charge in [0.15, 0.2) is 0 Å². The van der Waals surface area contributed by atoms with Crippen LogP contribution in [0.4, 0.5) is 20.6 Å². The van der Waals surface area contributed by atoms with E-state index in [0.717, 1.165) is 11.4 Å². The Morgan fingerprint density at radius 2 is 1.72 bits per heavy atom. The van der Waals surface area contributed by atoms with Gasteiger partial charge in [-0.25, -0.2) is 9.18 Å². The molecular weight excluding hydrogens is 317 g/mol. The van der Waals surface area contributed by atoms with E-state index in [0.29, 0.717) is 32.1 Å². The lowest BCUT2D eigenvalue weighted by Gasteiger charge is -2.36. The van der Waals surface area contributed by atoms with Gasteiger partial charge in [0.25, 0.3) is 0 Å². The van der Waals surface area contributed by atoms with Gasteiger partial charge in [0.1, 0.15) is 5.82 Å². The minimum atomic E-state index is -0.234. The lowest BCUT2D eigenvalue weighted by atomic mass is 10.0. The number of nitrogens with one attached hydrogen (secondary N) is 1. The summed E-state index contributed by atoms with van der Waals surface area (Å²) in [6.45, 7) is 6.92. The fraction of sp³-hybridized carbons (Fsp3) is 0.350. The lowest BCUT2D eigenvalue weighted by molar-refractivity contribution is 0.208. The summed E-state index contributed by atoms with van der Waals surface area (Å²) < 4.78 is 13.3. The monoisotopic (exact) mass is 341 g/mol. The highest BCUT2D eigenvalue weighted by molar-refractivity contribution is 5.89. The number of benzene rings is 2. The molecule has 1 N–H and O–H groups in total. The normalized spacial score (nSPS) is 14.7. The first kappa shape index (κ1) is 17.3. The molecule has 0 aromatic heterocycles. The van der Waals surface area contributed by atoms with Crippen LogP contribution in [0.5, 0.6) is 0 Å². The maximum Gasteiger partial charge on any atom is 0.321 e. The van der Waals surface area contributed by atoms with E-state index < -0.39 is 0 Å². The number of carbonyl (C=O) groups is 1. The third kappa shape index (κ3) is 4.29. The third-order valence-corrected chi connectivity index (χ3v) is 4.57. The van der Waals surface area contributed by atoms with Gasteiger partial charge in [-0.3, -0.25) is 0 Å². The summed E-state index contributed by atoms with van der Waals surface area (Å²) in [5.74, 6) is 0.239. The SMILES string of the molecule is CC(C)c1ccc(NC(=O)N2CCN(c3cccc(F)c3)CC2)cc1. The third-order valence-electron chi connectivity index (χ3n) is 4.57. The Labute approximate surface area is 148 Å². The number of carbonyl (C=O) groups excluding carboxylic acids is 1. The van der Waals surface area contributed by atoms with E-state index in [1.165, 1.54) is 17.7 Å². The molecule has 2 aromatic rings. The molecule has 2 aromatic carbocycles. The highest BCUT2D eigenvalue weighted by Crippen LogP contribution is 2.19. The van der Waals surface area contributed by atoms with Gasteiger partial charge in [0.05, 0.1) is 0 Å². The van der Waals surface area contributed by atoms with Crippen LogP contribution in [0.25, 0.3) is 0 Å². The van der Waals surface area contributed by atoms with Crippen LogP contribution in [0, 0.1) is 5.82 Å². The lowest BCUT2D eigenvalue weighted by Crippen LogP contribution is -2.50. The number of amides is 2. The molecule has 2 amide bonds. The molecule has 5 heteroatoms. The van der Waals surface area contributed by atoms with Crippen LogP contribution in [-0.4, -0.2) is 37.1 Å². The molecule has 132 valence electrons. The number of piperazine rings is 1. The Kier molecular flexibility index (Phi) is 5.22. The summed E-state index contributed by atoms with van der Waals surface area (Å²) in [5.41, 5.74) is 2.92. The van der Waals surface area contributed by atoms with Crippen LogP contribution in [0.3, 0.4) is 0 Å². The Morgan fingerprint density at radius 1 is 1.04 bits per heavy atom. The predicted octanol–water partition coefficient (Wildman–Crippen LogP) is 4.30. The van der Waals surface area contributed by atoms with Crippen LogP contribution in [0.2, 0.25) is 0 Å². The number of urea groups is 1. The van der Waals surface area contributed by atoms with E-state index in [1.807, 2.05) is 30.3 Å². The minimum absolute atomic E-state index is 0.0869. The summed E-state index contributed by atoms with van der Waals surface area (Å²) >= 11 is 0. The summed E-state index contributed by atoms with van der Waals surface area (Å²) in [7, 11) is 0. The first-order valence-electron chi connectivity index (χ1n) is 8.69. The van der Waals surface area contributed by atoms with Crippen molar-refractivity contribution in [2.45, 2.75) is 19.8 Å². The smallest absolute Gasteiger partial charge is 0.321 e. The van der Waals surface area contributed by atoms with Crippen LogP contribution in [0.15, 0.2) is 48.5 Å². The van der Waals surface area contributed by atoms with Crippen molar-refractivity contribution in [1.29, 1.82) is 0 Å². The zero-order valence-corrected chi connectivity index (χ0v) is 14.7. The summed E-state index contributed by atoms with van der Waals surface area (Å²) in [5, 5.41) is 2.95. The Morgan fingerprint density at radius 3 is 2.32 bits per heavy atom. The second kappa shape index (κ2) is 7.55. The number of rotatable bonds is 3. The van der Waals surface area contributed by atoms with Crippen molar-refractivity contribution < 1.29 is 9.18 Å². The van der Waals surface area contributed by atoms with E-state index in [9.17, 15) is 9.18 Å². The molecule has 0 atom stereocenters. The van der Waals surface area contributed by atoms with E-state index in [1.54, 1.807) is 11.0 Å². The van der Waals surface area contributed by atoms with E-state index >= 15 is 0 Å². The van der Waals surface area contributed by atoms with Gasteiger partial charge < -0.3 is 15.1 Å². The Balaban J connectivity index is 1.54. The van der Waals surface area contributed by atoms with Crippen LogP contribution >= 0.6 is 0 Å². The van der Waals surface area contributed by atoms with Crippen molar-refractivity contribution in [3.63, 3.8) is 0 Å². The zero-order valence-electron chi connectivity index (χ0n) is 14.7. The molecular formula is C20H24FN3O. The molecule has 1 fully saturated rings. The molecule has 0 radical (unpaired) electrons. The van der Waals surface area contributed by atoms with Gasteiger partial charge in [-0.15, -0.1) is 0 Å². The van der Waals surface area contributed by atoms with Gasteiger partial charge in [-0.1, -0.05) is 32.0 Å². The van der Waals surface area contributed by atoms with E-state index in [2.05, 4.69) is 24.1 Å². The largest absolute Gasteiger partial charge is 0.368 e. The van der Waals surface area contributed by atoms with Gasteiger partial charge in [-0.2, -0.15) is 0 Å². The molecule has 4 nitrogen and oxygen atoms in total. The fourth-order valence-electron chi connectivity index (χ4n) is 2.99. The van der Waals surface area contributed by atoms with Gasteiger partial charge in [0.2, 0.25) is 0 Å².